The van der Waals surface area contributed by atoms with Gasteiger partial charge in [-0.3, -0.25) is 9.47 Å². The lowest BCUT2D eigenvalue weighted by molar-refractivity contribution is 0.253. The van der Waals surface area contributed by atoms with Gasteiger partial charge in [0.25, 0.3) is 0 Å². The maximum Gasteiger partial charge on any atom is 0.421 e. The highest BCUT2D eigenvalue weighted by atomic mass is 35.5. The van der Waals surface area contributed by atoms with Crippen molar-refractivity contribution < 1.29 is 4.42 Å². The normalized spacial score (nSPS) is 11.5. The summed E-state index contributed by atoms with van der Waals surface area (Å²) < 4.78 is 6.80. The van der Waals surface area contributed by atoms with E-state index in [2.05, 4.69) is 0 Å². The molecule has 0 radical (unpaired) electrons. The van der Waals surface area contributed by atoms with Gasteiger partial charge >= 0.3 is 5.76 Å². The van der Waals surface area contributed by atoms with Crippen LogP contribution in [0.5, 0.6) is 0 Å². The van der Waals surface area contributed by atoms with Gasteiger partial charge in [-0.2, -0.15) is 0 Å². The first kappa shape index (κ1) is 15.2. The Balaban J connectivity index is 1.83. The summed E-state index contributed by atoms with van der Waals surface area (Å²) in [6.07, 6.45) is 0. The van der Waals surface area contributed by atoms with E-state index >= 15 is 0 Å². The highest BCUT2D eigenvalue weighted by Crippen LogP contribution is 2.19. The van der Waals surface area contributed by atoms with Gasteiger partial charge in [-0.05, 0) is 36.9 Å². The molecule has 114 valence electrons. The third kappa shape index (κ3) is 3.19. The maximum atomic E-state index is 12.0. The largest absolute Gasteiger partial charge is 0.421 e. The van der Waals surface area contributed by atoms with E-state index in [1.807, 2.05) is 36.2 Å². The van der Waals surface area contributed by atoms with E-state index in [4.69, 9.17) is 27.6 Å². The van der Waals surface area contributed by atoms with Crippen molar-refractivity contribution in [3.8, 4) is 0 Å². The quantitative estimate of drug-likeness (QED) is 0.722. The number of oxazole rings is 1. The number of halogens is 2. The van der Waals surface area contributed by atoms with Crippen molar-refractivity contribution in [3.63, 3.8) is 0 Å². The summed E-state index contributed by atoms with van der Waals surface area (Å²) in [7, 11) is 1.93. The van der Waals surface area contributed by atoms with Gasteiger partial charge in [0.15, 0.2) is 5.58 Å². The van der Waals surface area contributed by atoms with Crippen molar-refractivity contribution in [2.75, 3.05) is 7.05 Å². The van der Waals surface area contributed by atoms with Gasteiger partial charge in [0.2, 0.25) is 0 Å². The van der Waals surface area contributed by atoms with Crippen LogP contribution in [0.3, 0.4) is 0 Å². The van der Waals surface area contributed by atoms with Crippen LogP contribution in [0.2, 0.25) is 10.0 Å². The molecule has 4 nitrogen and oxygen atoms in total. The van der Waals surface area contributed by atoms with Crippen molar-refractivity contribution in [1.29, 1.82) is 0 Å². The SMILES string of the molecule is CN(Cc1cccc(Cl)c1)Cn1c(=O)oc2cc(Cl)ccc21. The van der Waals surface area contributed by atoms with E-state index in [1.54, 1.807) is 22.8 Å². The summed E-state index contributed by atoms with van der Waals surface area (Å²) in [5, 5.41) is 1.24. The second kappa shape index (κ2) is 6.16. The standard InChI is InChI=1S/C16H14Cl2N2O2/c1-19(9-11-3-2-4-12(17)7-11)10-20-14-6-5-13(18)8-15(14)22-16(20)21/h2-8H,9-10H2,1H3. The zero-order valence-electron chi connectivity index (χ0n) is 11.9. The third-order valence-electron chi connectivity index (χ3n) is 3.35. The van der Waals surface area contributed by atoms with Crippen LogP contribution < -0.4 is 5.76 Å². The van der Waals surface area contributed by atoms with Gasteiger partial charge in [-0.25, -0.2) is 4.79 Å². The van der Waals surface area contributed by atoms with Crippen molar-refractivity contribution in [2.24, 2.45) is 0 Å². The van der Waals surface area contributed by atoms with Crippen LogP contribution in [-0.4, -0.2) is 16.5 Å². The van der Waals surface area contributed by atoms with E-state index in [0.29, 0.717) is 28.8 Å². The molecule has 1 aromatic heterocycles. The number of aromatic nitrogens is 1. The van der Waals surface area contributed by atoms with Gasteiger partial charge in [0.1, 0.15) is 0 Å². The fourth-order valence-corrected chi connectivity index (χ4v) is 2.79. The van der Waals surface area contributed by atoms with Gasteiger partial charge in [-0.15, -0.1) is 0 Å². The molecule has 0 bridgehead atoms. The smallest absolute Gasteiger partial charge is 0.408 e. The van der Waals surface area contributed by atoms with Gasteiger partial charge < -0.3 is 4.42 Å². The summed E-state index contributed by atoms with van der Waals surface area (Å²) in [6.45, 7) is 1.09. The summed E-state index contributed by atoms with van der Waals surface area (Å²) >= 11 is 11.9. The minimum absolute atomic E-state index is 0.393. The molecule has 0 unspecified atom stereocenters. The Morgan fingerprint density at radius 2 is 1.91 bits per heavy atom. The number of rotatable bonds is 4. The molecule has 0 saturated heterocycles. The first-order valence-electron chi connectivity index (χ1n) is 6.75. The van der Waals surface area contributed by atoms with E-state index < -0.39 is 5.76 Å². The second-order valence-corrected chi connectivity index (χ2v) is 6.07. The molecule has 0 saturated carbocycles. The fourth-order valence-electron chi connectivity index (χ4n) is 2.41. The number of hydrogen-bond donors (Lipinski definition) is 0. The van der Waals surface area contributed by atoms with E-state index in [0.717, 1.165) is 11.1 Å². The topological polar surface area (TPSA) is 38.4 Å². The molecule has 2 aromatic carbocycles. The number of fused-ring (bicyclic) bond motifs is 1. The maximum absolute atomic E-state index is 12.0. The molecule has 0 fully saturated rings. The summed E-state index contributed by atoms with van der Waals surface area (Å²) in [6, 6.07) is 12.8. The van der Waals surface area contributed by atoms with Gasteiger partial charge in [-0.1, -0.05) is 35.3 Å². The molecule has 0 aliphatic rings. The Morgan fingerprint density at radius 3 is 2.68 bits per heavy atom. The van der Waals surface area contributed by atoms with Crippen LogP contribution in [-0.2, 0) is 13.2 Å². The van der Waals surface area contributed by atoms with Crippen LogP contribution in [0.15, 0.2) is 51.7 Å². The minimum Gasteiger partial charge on any atom is -0.408 e. The highest BCUT2D eigenvalue weighted by molar-refractivity contribution is 6.31. The molecule has 0 aliphatic carbocycles. The van der Waals surface area contributed by atoms with Crippen molar-refractivity contribution in [2.45, 2.75) is 13.2 Å². The molecule has 3 aromatic rings. The molecular formula is C16H14Cl2N2O2. The molecule has 0 N–H and O–H groups in total. The van der Waals surface area contributed by atoms with Crippen LogP contribution in [0.4, 0.5) is 0 Å². The lowest BCUT2D eigenvalue weighted by atomic mass is 10.2. The number of hydrogen-bond acceptors (Lipinski definition) is 3. The average Bonchev–Trinajstić information content (AvgIpc) is 2.74. The van der Waals surface area contributed by atoms with Gasteiger partial charge in [0, 0.05) is 22.7 Å². The summed E-state index contributed by atoms with van der Waals surface area (Å²) in [4.78, 5) is 14.0. The van der Waals surface area contributed by atoms with Crippen LogP contribution in [0.25, 0.3) is 11.1 Å². The first-order chi connectivity index (χ1) is 10.5. The molecule has 0 spiro atoms. The van der Waals surface area contributed by atoms with E-state index in [1.165, 1.54) is 0 Å². The van der Waals surface area contributed by atoms with Crippen LogP contribution in [0.1, 0.15) is 5.56 Å². The molecule has 1 heterocycles. The lowest BCUT2D eigenvalue weighted by Crippen LogP contribution is -2.27. The predicted octanol–water partition coefficient (Wildman–Crippen LogP) is 3.99. The fraction of sp³-hybridized carbons (Fsp3) is 0.188. The predicted molar refractivity (Wildman–Crippen MR) is 88.4 cm³/mol. The zero-order valence-corrected chi connectivity index (χ0v) is 13.4. The molecule has 22 heavy (non-hydrogen) atoms. The Kier molecular flexibility index (Phi) is 4.25. The monoisotopic (exact) mass is 336 g/mol. The number of nitrogens with zero attached hydrogens (tertiary/aromatic N) is 2. The molecule has 0 amide bonds. The minimum atomic E-state index is -0.393. The second-order valence-electron chi connectivity index (χ2n) is 5.19. The molecule has 3 rings (SSSR count). The van der Waals surface area contributed by atoms with E-state index in [-0.39, 0.29) is 0 Å². The first-order valence-corrected chi connectivity index (χ1v) is 7.50. The molecule has 0 aliphatic heterocycles. The Hall–Kier alpha value is -1.75. The highest BCUT2D eigenvalue weighted by Gasteiger charge is 2.11. The van der Waals surface area contributed by atoms with Crippen molar-refractivity contribution in [3.05, 3.63) is 68.6 Å². The zero-order chi connectivity index (χ0) is 15.7. The Labute approximate surface area is 137 Å². The molecular weight excluding hydrogens is 323 g/mol. The summed E-state index contributed by atoms with van der Waals surface area (Å²) in [5.74, 6) is -0.393. The number of benzene rings is 2. The van der Waals surface area contributed by atoms with Crippen molar-refractivity contribution >= 4 is 34.3 Å². The molecule has 6 heteroatoms. The van der Waals surface area contributed by atoms with E-state index in [9.17, 15) is 4.79 Å². The lowest BCUT2D eigenvalue weighted by Gasteiger charge is -2.17. The third-order valence-corrected chi connectivity index (χ3v) is 3.82. The summed E-state index contributed by atoms with van der Waals surface area (Å²) in [5.41, 5.74) is 2.31. The molecule has 0 atom stereocenters. The van der Waals surface area contributed by atoms with Gasteiger partial charge in [0.05, 0.1) is 12.2 Å². The van der Waals surface area contributed by atoms with Crippen LogP contribution in [0, 0.1) is 0 Å². The van der Waals surface area contributed by atoms with Crippen LogP contribution >= 0.6 is 23.2 Å². The Bertz CT molecular complexity index is 870. The van der Waals surface area contributed by atoms with Crippen molar-refractivity contribution in [1.82, 2.24) is 9.47 Å². The Morgan fingerprint density at radius 1 is 1.14 bits per heavy atom. The average molecular weight is 337 g/mol.